The van der Waals surface area contributed by atoms with Crippen LogP contribution >= 0.6 is 0 Å². The largest absolute Gasteiger partial charge is 0.238 e. The monoisotopic (exact) mass is 531 g/mol. The summed E-state index contributed by atoms with van der Waals surface area (Å²) in [5.41, 5.74) is 7.55. The smallest absolute Gasteiger partial charge is 0.194 e. The van der Waals surface area contributed by atoms with Crippen molar-refractivity contribution in [2.75, 3.05) is 0 Å². The lowest BCUT2D eigenvalue weighted by atomic mass is 9.90. The summed E-state index contributed by atoms with van der Waals surface area (Å²) >= 11 is 0. The molecule has 0 aliphatic rings. The molecule has 0 bridgehead atoms. The zero-order valence-corrected chi connectivity index (χ0v) is 22.9. The van der Waals surface area contributed by atoms with Crippen LogP contribution in [0.15, 0.2) is 152 Å². The van der Waals surface area contributed by atoms with Crippen LogP contribution in [0.25, 0.3) is 81.3 Å². The summed E-state index contributed by atoms with van der Waals surface area (Å²) in [6.45, 7) is 7.49. The molecule has 0 N–H and O–H groups in total. The first-order valence-electron chi connectivity index (χ1n) is 14.2. The van der Waals surface area contributed by atoms with E-state index in [-0.39, 0.29) is 0 Å². The van der Waals surface area contributed by atoms with Gasteiger partial charge in [-0.3, -0.25) is 0 Å². The van der Waals surface area contributed by atoms with Gasteiger partial charge in [0, 0.05) is 0 Å². The highest BCUT2D eigenvalue weighted by Crippen LogP contribution is 2.39. The molecule has 8 aromatic carbocycles. The van der Waals surface area contributed by atoms with Crippen LogP contribution in [0.3, 0.4) is 0 Å². The van der Waals surface area contributed by atoms with Crippen molar-refractivity contribution in [3.05, 3.63) is 163 Å². The third kappa shape index (κ3) is 3.93. The normalized spacial score (nSPS) is 11.3. The number of para-hydroxylation sites is 1. The summed E-state index contributed by atoms with van der Waals surface area (Å²) in [4.78, 5) is 3.68. The van der Waals surface area contributed by atoms with E-state index in [1.54, 1.807) is 0 Å². The Bertz CT molecular complexity index is 2350. The number of benzene rings is 8. The number of hydrogen-bond acceptors (Lipinski definition) is 0. The van der Waals surface area contributed by atoms with E-state index >= 15 is 0 Å². The van der Waals surface area contributed by atoms with Crippen LogP contribution in [0.4, 0.5) is 5.69 Å². The van der Waals surface area contributed by atoms with Crippen LogP contribution < -0.4 is 0 Å². The molecule has 0 heterocycles. The Morgan fingerprint density at radius 1 is 0.357 bits per heavy atom. The molecule has 0 saturated heterocycles. The maximum Gasteiger partial charge on any atom is 0.194 e. The minimum Gasteiger partial charge on any atom is -0.238 e. The van der Waals surface area contributed by atoms with Crippen molar-refractivity contribution in [3.63, 3.8) is 0 Å². The first-order valence-corrected chi connectivity index (χ1v) is 14.2. The van der Waals surface area contributed by atoms with E-state index in [1.807, 2.05) is 24.3 Å². The molecule has 1 nitrogen and oxygen atoms in total. The highest BCUT2D eigenvalue weighted by atomic mass is 14.6. The van der Waals surface area contributed by atoms with E-state index in [2.05, 4.69) is 132 Å². The third-order valence-corrected chi connectivity index (χ3v) is 8.45. The molecule has 1 heteroatoms. The lowest BCUT2D eigenvalue weighted by Gasteiger charge is -2.14. The fraction of sp³-hybridized carbons (Fsp3) is 0. The van der Waals surface area contributed by atoms with Gasteiger partial charge in [-0.15, -0.1) is 0 Å². The SMILES string of the molecule is [C-]#[N+]c1ccccc1-c1ccc(-c2ccc3cc(-c4cc5ccc6ccccc6c5c5ccccc45)ccc3c2)cc1. The van der Waals surface area contributed by atoms with Gasteiger partial charge in [-0.05, 0) is 94.7 Å². The van der Waals surface area contributed by atoms with E-state index in [0.717, 1.165) is 16.7 Å². The molecule has 0 unspecified atom stereocenters. The van der Waals surface area contributed by atoms with Gasteiger partial charge in [-0.2, -0.15) is 0 Å². The van der Waals surface area contributed by atoms with Crippen LogP contribution in [-0.2, 0) is 0 Å². The summed E-state index contributed by atoms with van der Waals surface area (Å²) in [5.74, 6) is 0. The molecule has 42 heavy (non-hydrogen) atoms. The zero-order valence-electron chi connectivity index (χ0n) is 22.9. The highest BCUT2D eigenvalue weighted by Gasteiger charge is 2.12. The summed E-state index contributed by atoms with van der Waals surface area (Å²) in [6.07, 6.45) is 0. The van der Waals surface area contributed by atoms with Crippen LogP contribution in [0, 0.1) is 6.57 Å². The van der Waals surface area contributed by atoms with E-state index in [0.29, 0.717) is 5.69 Å². The van der Waals surface area contributed by atoms with Crippen LogP contribution in [0.5, 0.6) is 0 Å². The number of nitrogens with zero attached hydrogens (tertiary/aromatic N) is 1. The third-order valence-electron chi connectivity index (χ3n) is 8.45. The maximum atomic E-state index is 7.49. The van der Waals surface area contributed by atoms with Gasteiger partial charge in [0.2, 0.25) is 0 Å². The number of hydrogen-bond donors (Lipinski definition) is 0. The molecule has 0 radical (unpaired) electrons. The molecule has 0 spiro atoms. The van der Waals surface area contributed by atoms with Gasteiger partial charge in [0.15, 0.2) is 5.69 Å². The summed E-state index contributed by atoms with van der Waals surface area (Å²) < 4.78 is 0. The van der Waals surface area contributed by atoms with Gasteiger partial charge >= 0.3 is 0 Å². The molecule has 194 valence electrons. The summed E-state index contributed by atoms with van der Waals surface area (Å²) in [5, 5.41) is 10.2. The van der Waals surface area contributed by atoms with Gasteiger partial charge in [0.05, 0.1) is 6.57 Å². The Balaban J connectivity index is 1.20. The summed E-state index contributed by atoms with van der Waals surface area (Å²) in [6, 6.07) is 54.1. The van der Waals surface area contributed by atoms with Gasteiger partial charge in [-0.1, -0.05) is 133 Å². The standard InChI is InChI=1S/C41H25N/c1-42-40-13-7-6-9-35(40)29-16-14-27(15-17-29)30-19-20-32-25-33(22-21-31(32)24-30)39-26-34-23-18-28-8-2-3-10-36(28)41(34)38-12-5-4-11-37(38)39/h2-26H. The topological polar surface area (TPSA) is 4.36 Å². The van der Waals surface area contributed by atoms with Crippen molar-refractivity contribution in [2.45, 2.75) is 0 Å². The molecule has 8 aromatic rings. The fourth-order valence-corrected chi connectivity index (χ4v) is 6.37. The lowest BCUT2D eigenvalue weighted by molar-refractivity contribution is 1.60. The zero-order chi connectivity index (χ0) is 28.0. The van der Waals surface area contributed by atoms with Crippen molar-refractivity contribution in [1.82, 2.24) is 0 Å². The number of fused-ring (bicyclic) bond motifs is 6. The van der Waals surface area contributed by atoms with E-state index in [1.165, 1.54) is 59.8 Å². The predicted octanol–water partition coefficient (Wildman–Crippen LogP) is 11.9. The van der Waals surface area contributed by atoms with Crippen molar-refractivity contribution in [3.8, 4) is 33.4 Å². The number of rotatable bonds is 3. The fourth-order valence-electron chi connectivity index (χ4n) is 6.37. The van der Waals surface area contributed by atoms with Gasteiger partial charge in [0.25, 0.3) is 0 Å². The highest BCUT2D eigenvalue weighted by molar-refractivity contribution is 6.23. The molecule has 0 aromatic heterocycles. The quantitative estimate of drug-likeness (QED) is 0.158. The summed E-state index contributed by atoms with van der Waals surface area (Å²) in [7, 11) is 0. The van der Waals surface area contributed by atoms with Gasteiger partial charge < -0.3 is 0 Å². The second-order valence-electron chi connectivity index (χ2n) is 10.8. The Hall–Kier alpha value is -5.71. The van der Waals surface area contributed by atoms with Crippen molar-refractivity contribution < 1.29 is 0 Å². The Morgan fingerprint density at radius 3 is 1.74 bits per heavy atom. The van der Waals surface area contributed by atoms with Crippen molar-refractivity contribution in [1.29, 1.82) is 0 Å². The second-order valence-corrected chi connectivity index (χ2v) is 10.8. The van der Waals surface area contributed by atoms with Crippen LogP contribution in [0.1, 0.15) is 0 Å². The van der Waals surface area contributed by atoms with E-state index in [9.17, 15) is 0 Å². The Kier molecular flexibility index (Phi) is 5.59. The molecule has 0 atom stereocenters. The van der Waals surface area contributed by atoms with E-state index < -0.39 is 0 Å². The van der Waals surface area contributed by atoms with Crippen molar-refractivity contribution >= 4 is 48.8 Å². The maximum absolute atomic E-state index is 7.49. The first-order chi connectivity index (χ1) is 20.8. The molecule has 0 saturated carbocycles. The Morgan fingerprint density at radius 2 is 0.929 bits per heavy atom. The second kappa shape index (κ2) is 9.73. The average molecular weight is 532 g/mol. The first kappa shape index (κ1) is 24.1. The molecule has 0 fully saturated rings. The molecule has 8 rings (SSSR count). The average Bonchev–Trinajstić information content (AvgIpc) is 3.07. The predicted molar refractivity (Wildman–Crippen MR) is 179 cm³/mol. The van der Waals surface area contributed by atoms with Gasteiger partial charge in [-0.25, -0.2) is 4.85 Å². The van der Waals surface area contributed by atoms with E-state index in [4.69, 9.17) is 6.57 Å². The Labute approximate surface area is 244 Å². The van der Waals surface area contributed by atoms with Crippen LogP contribution in [-0.4, -0.2) is 0 Å². The van der Waals surface area contributed by atoms with Crippen molar-refractivity contribution in [2.24, 2.45) is 0 Å². The minimum atomic E-state index is 0.680. The molecular weight excluding hydrogens is 506 g/mol. The molecule has 0 aliphatic carbocycles. The van der Waals surface area contributed by atoms with Crippen LogP contribution in [0.2, 0.25) is 0 Å². The molecule has 0 amide bonds. The molecular formula is C41H25N. The molecule has 0 aliphatic heterocycles. The van der Waals surface area contributed by atoms with Gasteiger partial charge in [0.1, 0.15) is 0 Å². The lowest BCUT2D eigenvalue weighted by Crippen LogP contribution is -1.87. The minimum absolute atomic E-state index is 0.680.